The lowest BCUT2D eigenvalue weighted by molar-refractivity contribution is 0.0954. The van der Waals surface area contributed by atoms with Crippen LogP contribution < -0.4 is 10.2 Å². The number of hydrogen-bond acceptors (Lipinski definition) is 3. The molecule has 1 aliphatic heterocycles. The van der Waals surface area contributed by atoms with Gasteiger partial charge in [0.15, 0.2) is 0 Å². The zero-order valence-corrected chi connectivity index (χ0v) is 19.6. The summed E-state index contributed by atoms with van der Waals surface area (Å²) >= 11 is 6.46. The summed E-state index contributed by atoms with van der Waals surface area (Å²) in [5.41, 5.74) is 5.76. The van der Waals surface area contributed by atoms with Crippen molar-refractivity contribution in [3.63, 3.8) is 0 Å². The molecular weight excluding hydrogens is 406 g/mol. The lowest BCUT2D eigenvalue weighted by atomic mass is 9.93. The summed E-state index contributed by atoms with van der Waals surface area (Å²) < 4.78 is 0. The number of carbonyl (C=O) groups excluding carboxylic acids is 1. The average molecular weight is 440 g/mol. The molecule has 0 unspecified atom stereocenters. The number of nitrogens with one attached hydrogen (secondary N) is 1. The molecule has 1 saturated carbocycles. The van der Waals surface area contributed by atoms with Gasteiger partial charge in [0.05, 0.1) is 5.70 Å². The Balaban J connectivity index is 1.69. The Bertz CT molecular complexity index is 909. The standard InChI is InChI=1S/C26H34ClN3O/c1-5-19-15-21(29-24(19)6-2)13-14-28-26(31)23-16-20(27)17-25(18(23)4)30(7-3)22-11-9-8-10-12-22/h5-6,16-17,22H,1-2,7-15H2,3-4H3,(H,28,31). The first-order valence-corrected chi connectivity index (χ1v) is 11.8. The molecule has 0 bridgehead atoms. The molecular formula is C26H34ClN3O. The predicted octanol–water partition coefficient (Wildman–Crippen LogP) is 6.40. The van der Waals surface area contributed by atoms with Gasteiger partial charge in [0.1, 0.15) is 0 Å². The highest BCUT2D eigenvalue weighted by atomic mass is 35.5. The molecule has 0 radical (unpaired) electrons. The van der Waals surface area contributed by atoms with E-state index >= 15 is 0 Å². The molecule has 1 fully saturated rings. The molecule has 1 aromatic rings. The zero-order chi connectivity index (χ0) is 22.4. The summed E-state index contributed by atoms with van der Waals surface area (Å²) in [5, 5.41) is 3.66. The van der Waals surface area contributed by atoms with E-state index in [0.29, 0.717) is 29.6 Å². The average Bonchev–Trinajstić information content (AvgIpc) is 3.19. The normalized spacial score (nSPS) is 16.8. The highest BCUT2D eigenvalue weighted by Gasteiger charge is 2.24. The van der Waals surface area contributed by atoms with Gasteiger partial charge in [-0.1, -0.05) is 50.1 Å². The molecule has 31 heavy (non-hydrogen) atoms. The lowest BCUT2D eigenvalue weighted by Crippen LogP contribution is -2.37. The summed E-state index contributed by atoms with van der Waals surface area (Å²) in [6.07, 6.45) is 11.3. The van der Waals surface area contributed by atoms with Crippen molar-refractivity contribution in [3.05, 3.63) is 64.9 Å². The van der Waals surface area contributed by atoms with Crippen LogP contribution in [0.15, 0.2) is 53.7 Å². The molecule has 2 aliphatic rings. The maximum Gasteiger partial charge on any atom is 0.251 e. The SMILES string of the molecule is C=CC1=C(C=C)N=C(CCNC(=O)c2cc(Cl)cc(N(CC)C3CCCCC3)c2C)C1. The van der Waals surface area contributed by atoms with Crippen molar-refractivity contribution in [1.29, 1.82) is 0 Å². The number of allylic oxidation sites excluding steroid dienone is 3. The Morgan fingerprint density at radius 3 is 2.61 bits per heavy atom. The molecule has 0 spiro atoms. The molecule has 1 amide bonds. The fraction of sp³-hybridized carbons (Fsp3) is 0.462. The Labute approximate surface area is 191 Å². The predicted molar refractivity (Wildman–Crippen MR) is 133 cm³/mol. The van der Waals surface area contributed by atoms with E-state index in [1.807, 2.05) is 19.1 Å². The highest BCUT2D eigenvalue weighted by molar-refractivity contribution is 6.31. The molecule has 166 valence electrons. The van der Waals surface area contributed by atoms with Crippen LogP contribution in [0, 0.1) is 6.92 Å². The van der Waals surface area contributed by atoms with E-state index in [0.717, 1.165) is 41.2 Å². The van der Waals surface area contributed by atoms with E-state index in [-0.39, 0.29) is 5.91 Å². The fourth-order valence-electron chi connectivity index (χ4n) is 4.72. The van der Waals surface area contributed by atoms with Crippen LogP contribution in [0.25, 0.3) is 0 Å². The van der Waals surface area contributed by atoms with Crippen LogP contribution in [0.4, 0.5) is 5.69 Å². The second kappa shape index (κ2) is 10.8. The molecule has 3 rings (SSSR count). The number of aliphatic imine (C=N–C) groups is 1. The molecule has 4 nitrogen and oxygen atoms in total. The molecule has 0 saturated heterocycles. The van der Waals surface area contributed by atoms with Crippen LogP contribution in [0.5, 0.6) is 0 Å². The van der Waals surface area contributed by atoms with Gasteiger partial charge >= 0.3 is 0 Å². The van der Waals surface area contributed by atoms with Gasteiger partial charge in [-0.05, 0) is 56.0 Å². The quantitative estimate of drug-likeness (QED) is 0.483. The van der Waals surface area contributed by atoms with Crippen molar-refractivity contribution in [2.45, 2.75) is 64.8 Å². The largest absolute Gasteiger partial charge is 0.369 e. The van der Waals surface area contributed by atoms with Crippen LogP contribution >= 0.6 is 11.6 Å². The summed E-state index contributed by atoms with van der Waals surface area (Å²) in [6, 6.07) is 4.32. The molecule has 1 aromatic carbocycles. The van der Waals surface area contributed by atoms with Crippen LogP contribution in [0.3, 0.4) is 0 Å². The van der Waals surface area contributed by atoms with Crippen LogP contribution in [0.1, 0.15) is 67.8 Å². The third-order valence-electron chi connectivity index (χ3n) is 6.40. The maximum atomic E-state index is 13.0. The van der Waals surface area contributed by atoms with Gasteiger partial charge in [0.25, 0.3) is 5.91 Å². The van der Waals surface area contributed by atoms with Crippen molar-refractivity contribution in [1.82, 2.24) is 5.32 Å². The minimum absolute atomic E-state index is 0.0830. The van der Waals surface area contributed by atoms with E-state index < -0.39 is 0 Å². The van der Waals surface area contributed by atoms with Crippen molar-refractivity contribution >= 4 is 28.9 Å². The summed E-state index contributed by atoms with van der Waals surface area (Å²) in [6.45, 7) is 13.3. The number of anilines is 1. The molecule has 1 heterocycles. The smallest absolute Gasteiger partial charge is 0.251 e. The van der Waals surface area contributed by atoms with E-state index in [2.05, 4.69) is 35.3 Å². The van der Waals surface area contributed by atoms with E-state index in [4.69, 9.17) is 11.6 Å². The van der Waals surface area contributed by atoms with Gasteiger partial charge in [0.2, 0.25) is 0 Å². The monoisotopic (exact) mass is 439 g/mol. The number of hydrogen-bond donors (Lipinski definition) is 1. The minimum atomic E-state index is -0.0830. The molecule has 5 heteroatoms. The third-order valence-corrected chi connectivity index (χ3v) is 6.61. The number of amides is 1. The molecule has 1 aliphatic carbocycles. The fourth-order valence-corrected chi connectivity index (χ4v) is 4.93. The second-order valence-electron chi connectivity index (χ2n) is 8.35. The first-order valence-electron chi connectivity index (χ1n) is 11.4. The Morgan fingerprint density at radius 1 is 1.26 bits per heavy atom. The lowest BCUT2D eigenvalue weighted by Gasteiger charge is -2.36. The van der Waals surface area contributed by atoms with Gasteiger partial charge in [-0.3, -0.25) is 9.79 Å². The van der Waals surface area contributed by atoms with E-state index in [1.54, 1.807) is 12.1 Å². The van der Waals surface area contributed by atoms with E-state index in [9.17, 15) is 4.79 Å². The van der Waals surface area contributed by atoms with Gasteiger partial charge in [-0.25, -0.2) is 0 Å². The number of halogens is 1. The summed E-state index contributed by atoms with van der Waals surface area (Å²) in [5.74, 6) is -0.0830. The van der Waals surface area contributed by atoms with Crippen molar-refractivity contribution < 1.29 is 4.79 Å². The first kappa shape index (κ1) is 23.3. The topological polar surface area (TPSA) is 44.7 Å². The highest BCUT2D eigenvalue weighted by Crippen LogP contribution is 2.33. The molecule has 0 atom stereocenters. The third kappa shape index (κ3) is 5.48. The van der Waals surface area contributed by atoms with Crippen LogP contribution in [-0.2, 0) is 0 Å². The van der Waals surface area contributed by atoms with Gasteiger partial charge in [-0.2, -0.15) is 0 Å². The Kier molecular flexibility index (Phi) is 8.14. The minimum Gasteiger partial charge on any atom is -0.369 e. The van der Waals surface area contributed by atoms with E-state index in [1.165, 1.54) is 32.1 Å². The zero-order valence-electron chi connectivity index (χ0n) is 18.8. The molecule has 0 aromatic heterocycles. The number of rotatable bonds is 9. The van der Waals surface area contributed by atoms with Crippen molar-refractivity contribution in [2.24, 2.45) is 4.99 Å². The number of benzene rings is 1. The van der Waals surface area contributed by atoms with Crippen LogP contribution in [-0.4, -0.2) is 30.8 Å². The molecule has 1 N–H and O–H groups in total. The summed E-state index contributed by atoms with van der Waals surface area (Å²) in [7, 11) is 0. The van der Waals surface area contributed by atoms with Crippen molar-refractivity contribution in [2.75, 3.05) is 18.0 Å². The van der Waals surface area contributed by atoms with Crippen molar-refractivity contribution in [3.8, 4) is 0 Å². The Hall–Kier alpha value is -2.33. The maximum absolute atomic E-state index is 13.0. The van der Waals surface area contributed by atoms with Gasteiger partial charge in [-0.15, -0.1) is 0 Å². The second-order valence-corrected chi connectivity index (χ2v) is 8.79. The summed E-state index contributed by atoms with van der Waals surface area (Å²) in [4.78, 5) is 20.0. The van der Waals surface area contributed by atoms with Crippen LogP contribution in [0.2, 0.25) is 5.02 Å². The number of carbonyl (C=O) groups is 1. The Morgan fingerprint density at radius 2 is 2.00 bits per heavy atom. The van der Waals surface area contributed by atoms with Gasteiger partial charge in [0, 0.05) is 54.0 Å². The first-order chi connectivity index (χ1) is 15.0. The number of nitrogens with zero attached hydrogens (tertiary/aromatic N) is 2. The van der Waals surface area contributed by atoms with Gasteiger partial charge < -0.3 is 10.2 Å².